The summed E-state index contributed by atoms with van der Waals surface area (Å²) in [5.74, 6) is -2.16. The Morgan fingerprint density at radius 1 is 1.11 bits per heavy atom. The largest absolute Gasteiger partial charge is 0.491 e. The number of hydrogen-bond donors (Lipinski definition) is 5. The van der Waals surface area contributed by atoms with Gasteiger partial charge in [0, 0.05) is 6.54 Å². The number of carbonyl (C=O) groups is 5. The van der Waals surface area contributed by atoms with Crippen LogP contribution in [0.1, 0.15) is 57.3 Å². The van der Waals surface area contributed by atoms with Crippen molar-refractivity contribution < 1.29 is 28.7 Å². The average molecular weight is 516 g/mol. The number of amides is 5. The molecule has 0 saturated heterocycles. The SMILES string of the molecule is CC(C)[C@H]1NC(=O)C(C)(C)NC(=O)C[C@@H](C(=O)NCC2CC2)NC(=O)c2ccccc2OCCNC1=O. The quantitative estimate of drug-likeness (QED) is 0.387. The molecule has 0 aromatic heterocycles. The van der Waals surface area contributed by atoms with Gasteiger partial charge in [0.1, 0.15) is 30.0 Å². The molecule has 0 radical (unpaired) electrons. The van der Waals surface area contributed by atoms with Gasteiger partial charge in [0.25, 0.3) is 5.91 Å². The summed E-state index contributed by atoms with van der Waals surface area (Å²) in [4.78, 5) is 64.8. The fourth-order valence-electron chi connectivity index (χ4n) is 3.86. The first kappa shape index (κ1) is 27.9. The minimum Gasteiger partial charge on any atom is -0.491 e. The van der Waals surface area contributed by atoms with Crippen molar-refractivity contribution in [1.29, 1.82) is 0 Å². The predicted molar refractivity (Wildman–Crippen MR) is 136 cm³/mol. The molecular weight excluding hydrogens is 478 g/mol. The van der Waals surface area contributed by atoms with E-state index < -0.39 is 47.2 Å². The summed E-state index contributed by atoms with van der Waals surface area (Å²) in [6.45, 7) is 7.30. The average Bonchev–Trinajstić information content (AvgIpc) is 3.66. The third kappa shape index (κ3) is 7.93. The van der Waals surface area contributed by atoms with Crippen molar-refractivity contribution >= 4 is 29.5 Å². The number of fused-ring (bicyclic) bond motifs is 1. The maximum absolute atomic E-state index is 13.1. The van der Waals surface area contributed by atoms with Crippen molar-refractivity contribution in [3.05, 3.63) is 29.8 Å². The van der Waals surface area contributed by atoms with Crippen LogP contribution < -0.4 is 31.3 Å². The van der Waals surface area contributed by atoms with E-state index >= 15 is 0 Å². The molecule has 1 aliphatic carbocycles. The van der Waals surface area contributed by atoms with Crippen LogP contribution in [0.4, 0.5) is 0 Å². The van der Waals surface area contributed by atoms with Crippen LogP contribution in [-0.2, 0) is 19.2 Å². The summed E-state index contributed by atoms with van der Waals surface area (Å²) >= 11 is 0. The van der Waals surface area contributed by atoms with Gasteiger partial charge in [-0.1, -0.05) is 26.0 Å². The zero-order valence-corrected chi connectivity index (χ0v) is 21.8. The van der Waals surface area contributed by atoms with Gasteiger partial charge in [0.2, 0.25) is 23.6 Å². The molecule has 1 aliphatic heterocycles. The van der Waals surface area contributed by atoms with Gasteiger partial charge in [-0.2, -0.15) is 0 Å². The highest BCUT2D eigenvalue weighted by Crippen LogP contribution is 2.27. The zero-order chi connectivity index (χ0) is 27.2. The Balaban J connectivity index is 1.88. The Morgan fingerprint density at radius 3 is 2.49 bits per heavy atom. The van der Waals surface area contributed by atoms with Gasteiger partial charge in [-0.25, -0.2) is 0 Å². The molecule has 202 valence electrons. The molecule has 11 heteroatoms. The Morgan fingerprint density at radius 2 is 1.81 bits per heavy atom. The molecule has 0 unspecified atom stereocenters. The third-order valence-electron chi connectivity index (χ3n) is 6.32. The Kier molecular flexibility index (Phi) is 9.12. The highest BCUT2D eigenvalue weighted by molar-refractivity contribution is 6.01. The molecule has 5 N–H and O–H groups in total. The zero-order valence-electron chi connectivity index (χ0n) is 21.8. The normalized spacial score (nSPS) is 23.4. The van der Waals surface area contributed by atoms with Crippen LogP contribution in [0.15, 0.2) is 24.3 Å². The molecule has 1 saturated carbocycles. The molecule has 37 heavy (non-hydrogen) atoms. The van der Waals surface area contributed by atoms with E-state index in [2.05, 4.69) is 26.6 Å². The van der Waals surface area contributed by atoms with E-state index in [9.17, 15) is 24.0 Å². The van der Waals surface area contributed by atoms with Crippen LogP contribution in [0.2, 0.25) is 0 Å². The number of nitrogens with one attached hydrogen (secondary N) is 5. The Hall–Kier alpha value is -3.63. The van der Waals surface area contributed by atoms with Crippen LogP contribution in [-0.4, -0.2) is 66.9 Å². The van der Waals surface area contributed by atoms with E-state index in [4.69, 9.17) is 4.74 Å². The van der Waals surface area contributed by atoms with Crippen LogP contribution in [0.5, 0.6) is 5.75 Å². The topological polar surface area (TPSA) is 155 Å². The predicted octanol–water partition coefficient (Wildman–Crippen LogP) is 0.246. The van der Waals surface area contributed by atoms with Gasteiger partial charge in [-0.3, -0.25) is 24.0 Å². The van der Waals surface area contributed by atoms with Crippen molar-refractivity contribution in [3.63, 3.8) is 0 Å². The summed E-state index contributed by atoms with van der Waals surface area (Å²) in [6.07, 6.45) is 1.68. The van der Waals surface area contributed by atoms with Crippen molar-refractivity contribution in [2.75, 3.05) is 19.7 Å². The molecule has 1 fully saturated rings. The van der Waals surface area contributed by atoms with Crippen molar-refractivity contribution in [2.24, 2.45) is 11.8 Å². The molecule has 5 amide bonds. The summed E-state index contributed by atoms with van der Waals surface area (Å²) < 4.78 is 5.74. The Bertz CT molecular complexity index is 1040. The van der Waals surface area contributed by atoms with Gasteiger partial charge in [-0.05, 0) is 50.7 Å². The first-order chi connectivity index (χ1) is 17.5. The van der Waals surface area contributed by atoms with Crippen molar-refractivity contribution in [1.82, 2.24) is 26.6 Å². The number of carbonyl (C=O) groups excluding carboxylic acids is 5. The lowest BCUT2D eigenvalue weighted by atomic mass is 9.99. The van der Waals surface area contributed by atoms with Crippen molar-refractivity contribution in [3.8, 4) is 5.75 Å². The number of para-hydroxylation sites is 1. The minimum absolute atomic E-state index is 0.0750. The molecule has 1 aromatic rings. The number of ether oxygens (including phenoxy) is 1. The fraction of sp³-hybridized carbons (Fsp3) is 0.577. The number of benzene rings is 1. The van der Waals surface area contributed by atoms with Crippen LogP contribution in [0, 0.1) is 11.8 Å². The lowest BCUT2D eigenvalue weighted by Gasteiger charge is -2.30. The van der Waals surface area contributed by atoms with E-state index in [-0.39, 0.29) is 36.8 Å². The Labute approximate surface area is 216 Å². The molecule has 2 atom stereocenters. The van der Waals surface area contributed by atoms with Crippen LogP contribution in [0.3, 0.4) is 0 Å². The minimum atomic E-state index is -1.38. The highest BCUT2D eigenvalue weighted by atomic mass is 16.5. The summed E-state index contributed by atoms with van der Waals surface area (Å²) in [5.41, 5.74) is -1.19. The smallest absolute Gasteiger partial charge is 0.255 e. The lowest BCUT2D eigenvalue weighted by molar-refractivity contribution is -0.136. The lowest BCUT2D eigenvalue weighted by Crippen LogP contribution is -2.60. The van der Waals surface area contributed by atoms with Gasteiger partial charge in [0.05, 0.1) is 18.5 Å². The van der Waals surface area contributed by atoms with Crippen LogP contribution in [0.25, 0.3) is 0 Å². The van der Waals surface area contributed by atoms with E-state index in [1.807, 2.05) is 0 Å². The second-order valence-corrected chi connectivity index (χ2v) is 10.4. The highest BCUT2D eigenvalue weighted by Gasteiger charge is 2.35. The van der Waals surface area contributed by atoms with Gasteiger partial charge in [-0.15, -0.1) is 0 Å². The number of hydrogen-bond acceptors (Lipinski definition) is 6. The van der Waals surface area contributed by atoms with Gasteiger partial charge >= 0.3 is 0 Å². The van der Waals surface area contributed by atoms with E-state index in [0.717, 1.165) is 12.8 Å². The number of rotatable bonds is 4. The first-order valence-corrected chi connectivity index (χ1v) is 12.7. The monoisotopic (exact) mass is 515 g/mol. The molecular formula is C26H37N5O6. The van der Waals surface area contributed by atoms with Crippen molar-refractivity contribution in [2.45, 2.75) is 64.6 Å². The maximum atomic E-state index is 13.1. The third-order valence-corrected chi connectivity index (χ3v) is 6.32. The van der Waals surface area contributed by atoms with E-state index in [0.29, 0.717) is 12.5 Å². The molecule has 3 rings (SSSR count). The van der Waals surface area contributed by atoms with Crippen LogP contribution >= 0.6 is 0 Å². The first-order valence-electron chi connectivity index (χ1n) is 12.7. The second kappa shape index (κ2) is 12.1. The molecule has 1 heterocycles. The van der Waals surface area contributed by atoms with E-state index in [1.54, 1.807) is 38.1 Å². The maximum Gasteiger partial charge on any atom is 0.255 e. The summed E-state index contributed by atoms with van der Waals surface area (Å²) in [5, 5.41) is 13.5. The van der Waals surface area contributed by atoms with Gasteiger partial charge in [0.15, 0.2) is 0 Å². The molecule has 0 spiro atoms. The summed E-state index contributed by atoms with van der Waals surface area (Å²) in [6, 6.07) is 4.52. The second-order valence-electron chi connectivity index (χ2n) is 10.4. The molecule has 1 aromatic carbocycles. The standard InChI is InChI=1S/C26H37N5O6/c1-15(2)21-24(35)27-11-12-37-19-8-6-5-7-17(19)22(33)29-18(23(34)28-14-16-9-10-16)13-20(32)31-26(3,4)25(36)30-21/h5-8,15-16,18,21H,9-14H2,1-4H3,(H,27,35)(H,28,34)(H,29,33)(H,30,36)(H,31,32)/t18-,21+/m0/s1. The van der Waals surface area contributed by atoms with E-state index in [1.165, 1.54) is 13.8 Å². The molecule has 2 aliphatic rings. The molecule has 11 nitrogen and oxygen atoms in total. The summed E-state index contributed by atoms with van der Waals surface area (Å²) in [7, 11) is 0. The van der Waals surface area contributed by atoms with Gasteiger partial charge < -0.3 is 31.3 Å². The molecule has 0 bridgehead atoms. The fourth-order valence-corrected chi connectivity index (χ4v) is 3.86.